The molecular formula is C20H26ClN5OS. The van der Waals surface area contributed by atoms with Gasteiger partial charge in [-0.3, -0.25) is 14.7 Å². The van der Waals surface area contributed by atoms with Gasteiger partial charge in [-0.25, -0.2) is 9.97 Å². The highest BCUT2D eigenvalue weighted by Crippen LogP contribution is 2.32. The average molecular weight is 420 g/mol. The van der Waals surface area contributed by atoms with E-state index in [0.717, 1.165) is 35.4 Å². The zero-order chi connectivity index (χ0) is 19.4. The molecule has 2 heterocycles. The maximum atomic E-state index is 13.1. The van der Waals surface area contributed by atoms with E-state index in [1.807, 2.05) is 0 Å². The number of amides is 1. The fourth-order valence-electron chi connectivity index (χ4n) is 3.09. The van der Waals surface area contributed by atoms with Crippen LogP contribution in [0, 0.1) is 13.8 Å². The van der Waals surface area contributed by atoms with Crippen molar-refractivity contribution in [3.63, 3.8) is 0 Å². The summed E-state index contributed by atoms with van der Waals surface area (Å²) in [6.45, 7) is 11.6. The van der Waals surface area contributed by atoms with Gasteiger partial charge in [-0.1, -0.05) is 31.3 Å². The number of benzene rings is 1. The fourth-order valence-corrected chi connectivity index (χ4v) is 4.25. The van der Waals surface area contributed by atoms with Gasteiger partial charge in [-0.05, 0) is 44.1 Å². The van der Waals surface area contributed by atoms with Crippen molar-refractivity contribution < 1.29 is 4.79 Å². The molecule has 0 unspecified atom stereocenters. The first-order valence-corrected chi connectivity index (χ1v) is 10.0. The zero-order valence-electron chi connectivity index (χ0n) is 16.7. The highest BCUT2D eigenvalue weighted by atomic mass is 35.5. The molecule has 0 N–H and O–H groups in total. The summed E-state index contributed by atoms with van der Waals surface area (Å²) in [7, 11) is 0. The van der Waals surface area contributed by atoms with E-state index in [1.165, 1.54) is 11.8 Å². The number of thiazole rings is 1. The number of likely N-dealkylation sites (N-methyl/N-ethyl adjacent to an activating group) is 1. The molecular weight excluding hydrogens is 394 g/mol. The second kappa shape index (κ2) is 9.91. The highest BCUT2D eigenvalue weighted by Gasteiger charge is 2.23. The van der Waals surface area contributed by atoms with Gasteiger partial charge in [0, 0.05) is 25.5 Å². The van der Waals surface area contributed by atoms with Crippen LogP contribution in [0.3, 0.4) is 0 Å². The van der Waals surface area contributed by atoms with Gasteiger partial charge in [0.25, 0.3) is 5.91 Å². The maximum Gasteiger partial charge on any atom is 0.280 e. The molecule has 3 aromatic rings. The Labute approximate surface area is 176 Å². The van der Waals surface area contributed by atoms with Crippen LogP contribution in [0.5, 0.6) is 0 Å². The van der Waals surface area contributed by atoms with Gasteiger partial charge in [0.1, 0.15) is 5.69 Å². The number of aromatic nitrogens is 3. The predicted molar refractivity (Wildman–Crippen MR) is 118 cm³/mol. The molecule has 1 amide bonds. The number of hydrogen-bond donors (Lipinski definition) is 0. The minimum absolute atomic E-state index is 0. The number of rotatable bonds is 7. The van der Waals surface area contributed by atoms with Gasteiger partial charge in [0.15, 0.2) is 5.13 Å². The van der Waals surface area contributed by atoms with Crippen molar-refractivity contribution >= 4 is 45.0 Å². The second-order valence-corrected chi connectivity index (χ2v) is 7.51. The zero-order valence-corrected chi connectivity index (χ0v) is 18.3. The molecule has 2 aromatic heterocycles. The monoisotopic (exact) mass is 419 g/mol. The number of aryl methyl sites for hydroxylation is 2. The van der Waals surface area contributed by atoms with E-state index in [0.29, 0.717) is 17.4 Å². The van der Waals surface area contributed by atoms with Crippen LogP contribution in [0.2, 0.25) is 0 Å². The van der Waals surface area contributed by atoms with Crippen molar-refractivity contribution in [2.75, 3.05) is 31.1 Å². The molecule has 0 bridgehead atoms. The SMILES string of the molecule is CCN(CC)CCN(C(=O)c1cnccn1)c1nc2c(C)cc(C)cc2s1.Cl. The van der Waals surface area contributed by atoms with Crippen molar-refractivity contribution in [3.8, 4) is 0 Å². The van der Waals surface area contributed by atoms with Gasteiger partial charge < -0.3 is 4.90 Å². The van der Waals surface area contributed by atoms with E-state index in [9.17, 15) is 4.79 Å². The van der Waals surface area contributed by atoms with Gasteiger partial charge >= 0.3 is 0 Å². The topological polar surface area (TPSA) is 62.2 Å². The standard InChI is InChI=1S/C20H25N5OS.ClH/c1-5-24(6-2)9-10-25(19(26)16-13-21-7-8-22-16)20-23-18-15(4)11-14(3)12-17(18)27-20;/h7-8,11-13H,5-6,9-10H2,1-4H3;1H. The number of halogens is 1. The summed E-state index contributed by atoms with van der Waals surface area (Å²) in [6, 6.07) is 4.25. The van der Waals surface area contributed by atoms with Crippen molar-refractivity contribution in [1.29, 1.82) is 0 Å². The number of carbonyl (C=O) groups is 1. The quantitative estimate of drug-likeness (QED) is 0.576. The van der Waals surface area contributed by atoms with Crippen LogP contribution in [0.25, 0.3) is 10.2 Å². The van der Waals surface area contributed by atoms with Crippen molar-refractivity contribution in [1.82, 2.24) is 19.9 Å². The van der Waals surface area contributed by atoms with Crippen molar-refractivity contribution in [3.05, 3.63) is 47.5 Å². The first-order valence-electron chi connectivity index (χ1n) is 9.21. The lowest BCUT2D eigenvalue weighted by Crippen LogP contribution is -2.39. The summed E-state index contributed by atoms with van der Waals surface area (Å²) < 4.78 is 1.10. The highest BCUT2D eigenvalue weighted by molar-refractivity contribution is 7.22. The Balaban J connectivity index is 0.00000280. The van der Waals surface area contributed by atoms with Gasteiger partial charge in [0.05, 0.1) is 16.4 Å². The van der Waals surface area contributed by atoms with E-state index < -0.39 is 0 Å². The number of anilines is 1. The first kappa shape index (κ1) is 22.2. The summed E-state index contributed by atoms with van der Waals surface area (Å²) in [4.78, 5) is 30.2. The predicted octanol–water partition coefficient (Wildman–Crippen LogP) is 4.11. The summed E-state index contributed by atoms with van der Waals surface area (Å²) in [5, 5.41) is 0.710. The maximum absolute atomic E-state index is 13.1. The summed E-state index contributed by atoms with van der Waals surface area (Å²) >= 11 is 1.55. The number of hydrogen-bond acceptors (Lipinski definition) is 6. The molecule has 0 fully saturated rings. The van der Waals surface area contributed by atoms with Crippen LogP contribution < -0.4 is 4.90 Å². The van der Waals surface area contributed by atoms with Crippen LogP contribution in [0.1, 0.15) is 35.5 Å². The molecule has 150 valence electrons. The molecule has 28 heavy (non-hydrogen) atoms. The van der Waals surface area contributed by atoms with Gasteiger partial charge in [0.2, 0.25) is 0 Å². The number of nitrogens with zero attached hydrogens (tertiary/aromatic N) is 5. The van der Waals surface area contributed by atoms with Crippen LogP contribution in [0.4, 0.5) is 5.13 Å². The smallest absolute Gasteiger partial charge is 0.280 e. The van der Waals surface area contributed by atoms with E-state index in [-0.39, 0.29) is 18.3 Å². The van der Waals surface area contributed by atoms with E-state index in [4.69, 9.17) is 4.98 Å². The molecule has 0 aliphatic rings. The molecule has 0 saturated heterocycles. The minimum atomic E-state index is -0.163. The van der Waals surface area contributed by atoms with Gasteiger partial charge in [-0.2, -0.15) is 0 Å². The normalized spacial score (nSPS) is 10.9. The minimum Gasteiger partial charge on any atom is -0.302 e. The van der Waals surface area contributed by atoms with Gasteiger partial charge in [-0.15, -0.1) is 12.4 Å². The molecule has 0 saturated carbocycles. The van der Waals surface area contributed by atoms with Crippen molar-refractivity contribution in [2.45, 2.75) is 27.7 Å². The van der Waals surface area contributed by atoms with Crippen LogP contribution >= 0.6 is 23.7 Å². The Kier molecular flexibility index (Phi) is 7.86. The summed E-state index contributed by atoms with van der Waals surface area (Å²) in [5.41, 5.74) is 3.62. The Morgan fingerprint density at radius 1 is 1.11 bits per heavy atom. The van der Waals surface area contributed by atoms with Crippen LogP contribution in [-0.2, 0) is 0 Å². The molecule has 3 rings (SSSR count). The molecule has 0 aliphatic heterocycles. The Bertz CT molecular complexity index is 927. The Hall–Kier alpha value is -2.09. The third-order valence-corrected chi connectivity index (χ3v) is 5.64. The second-order valence-electron chi connectivity index (χ2n) is 6.50. The fraction of sp³-hybridized carbons (Fsp3) is 0.400. The molecule has 0 radical (unpaired) electrons. The lowest BCUT2D eigenvalue weighted by atomic mass is 10.1. The Morgan fingerprint density at radius 3 is 2.50 bits per heavy atom. The van der Waals surface area contributed by atoms with Crippen molar-refractivity contribution in [2.24, 2.45) is 0 Å². The first-order chi connectivity index (χ1) is 13.0. The molecule has 0 spiro atoms. The van der Waals surface area contributed by atoms with Crippen LogP contribution in [0.15, 0.2) is 30.7 Å². The molecule has 1 aromatic carbocycles. The molecule has 6 nitrogen and oxygen atoms in total. The average Bonchev–Trinajstić information content (AvgIpc) is 3.09. The van der Waals surface area contributed by atoms with E-state index >= 15 is 0 Å². The lowest BCUT2D eigenvalue weighted by Gasteiger charge is -2.24. The molecule has 8 heteroatoms. The number of fused-ring (bicyclic) bond motifs is 1. The molecule has 0 aliphatic carbocycles. The molecule has 0 atom stereocenters. The third kappa shape index (κ3) is 4.84. The largest absolute Gasteiger partial charge is 0.302 e. The summed E-state index contributed by atoms with van der Waals surface area (Å²) in [6.07, 6.45) is 4.62. The Morgan fingerprint density at radius 2 is 1.86 bits per heavy atom. The lowest BCUT2D eigenvalue weighted by molar-refractivity contribution is 0.0978. The van der Waals surface area contributed by atoms with E-state index in [1.54, 1.807) is 28.6 Å². The van der Waals surface area contributed by atoms with Crippen LogP contribution in [-0.4, -0.2) is 51.9 Å². The summed E-state index contributed by atoms with van der Waals surface area (Å²) in [5.74, 6) is -0.163. The third-order valence-electron chi connectivity index (χ3n) is 4.61. The van der Waals surface area contributed by atoms with E-state index in [2.05, 4.69) is 54.7 Å². The number of carbonyl (C=O) groups excluding carboxylic acids is 1.